The normalized spacial score (nSPS) is 19.2. The molecule has 0 spiro atoms. The van der Waals surface area contributed by atoms with Gasteiger partial charge < -0.3 is 11.1 Å². The summed E-state index contributed by atoms with van der Waals surface area (Å²) in [4.78, 5) is 11.0. The molecule has 2 rings (SSSR count). The molecule has 134 valence electrons. The molecule has 1 heterocycles. The van der Waals surface area contributed by atoms with Gasteiger partial charge in [-0.2, -0.15) is 4.31 Å². The van der Waals surface area contributed by atoms with Crippen molar-refractivity contribution in [1.82, 2.24) is 9.62 Å². The third kappa shape index (κ3) is 3.70. The summed E-state index contributed by atoms with van der Waals surface area (Å²) >= 11 is 0. The number of nitrogens with one attached hydrogen (secondary N) is 1. The minimum Gasteiger partial charge on any atom is -0.355 e. The highest BCUT2D eigenvalue weighted by Gasteiger charge is 2.35. The van der Waals surface area contributed by atoms with Crippen molar-refractivity contribution in [1.29, 1.82) is 0 Å². The summed E-state index contributed by atoms with van der Waals surface area (Å²) in [5, 5.41) is 2.57. The minimum atomic E-state index is -4.37. The highest BCUT2D eigenvalue weighted by molar-refractivity contribution is 7.89. The molecule has 6 nitrogen and oxygen atoms in total. The molecule has 0 radical (unpaired) electrons. The van der Waals surface area contributed by atoms with E-state index in [-0.39, 0.29) is 32.1 Å². The van der Waals surface area contributed by atoms with E-state index in [0.717, 1.165) is 4.31 Å². The minimum absolute atomic E-state index is 0.0709. The molecule has 0 aliphatic carbocycles. The lowest BCUT2D eigenvalue weighted by molar-refractivity contribution is -0.126. The molecule has 10 heteroatoms. The zero-order valence-corrected chi connectivity index (χ0v) is 13.6. The summed E-state index contributed by atoms with van der Waals surface area (Å²) in [7, 11) is -4.37. The number of piperidine rings is 1. The van der Waals surface area contributed by atoms with Crippen molar-refractivity contribution in [3.8, 4) is 0 Å². The van der Waals surface area contributed by atoms with Gasteiger partial charge in [0.2, 0.25) is 15.9 Å². The van der Waals surface area contributed by atoms with Crippen LogP contribution in [0.4, 0.5) is 13.2 Å². The number of nitrogens with zero attached hydrogens (tertiary/aromatic N) is 1. The highest BCUT2D eigenvalue weighted by Crippen LogP contribution is 2.27. The van der Waals surface area contributed by atoms with Gasteiger partial charge in [-0.25, -0.2) is 21.6 Å². The van der Waals surface area contributed by atoms with Crippen LogP contribution in [-0.2, 0) is 14.8 Å². The van der Waals surface area contributed by atoms with Gasteiger partial charge in [-0.15, -0.1) is 0 Å². The van der Waals surface area contributed by atoms with Gasteiger partial charge in [0.1, 0.15) is 4.90 Å². The quantitative estimate of drug-likeness (QED) is 0.747. The SMILES string of the molecule is NCCNC(=O)C1CCCN(S(=O)(=O)c2ccc(F)c(F)c2F)C1. The summed E-state index contributed by atoms with van der Waals surface area (Å²) in [5.74, 6) is -6.02. The van der Waals surface area contributed by atoms with E-state index in [1.165, 1.54) is 0 Å². The fourth-order valence-corrected chi connectivity index (χ4v) is 4.14. The van der Waals surface area contributed by atoms with Crippen LogP contribution in [-0.4, -0.2) is 44.8 Å². The Morgan fingerprint density at radius 2 is 2.00 bits per heavy atom. The Morgan fingerprint density at radius 3 is 2.67 bits per heavy atom. The fraction of sp³-hybridized carbons (Fsp3) is 0.500. The number of benzene rings is 1. The summed E-state index contributed by atoms with van der Waals surface area (Å²) in [6.07, 6.45) is 0.869. The first kappa shape index (κ1) is 18.7. The zero-order chi connectivity index (χ0) is 17.9. The van der Waals surface area contributed by atoms with Crippen LogP contribution in [0.25, 0.3) is 0 Å². The molecule has 3 N–H and O–H groups in total. The molecule has 1 atom stereocenters. The smallest absolute Gasteiger partial charge is 0.246 e. The third-order valence-electron chi connectivity index (χ3n) is 3.82. The molecule has 1 aromatic carbocycles. The Balaban J connectivity index is 2.23. The van der Waals surface area contributed by atoms with Crippen LogP contribution >= 0.6 is 0 Å². The number of hydrogen-bond donors (Lipinski definition) is 2. The second-order valence-electron chi connectivity index (χ2n) is 5.46. The maximum atomic E-state index is 13.8. The molecule has 1 unspecified atom stereocenters. The first-order valence-electron chi connectivity index (χ1n) is 7.40. The lowest BCUT2D eigenvalue weighted by atomic mass is 9.99. The number of nitrogens with two attached hydrogens (primary N) is 1. The Morgan fingerprint density at radius 1 is 1.29 bits per heavy atom. The molecule has 1 aliphatic rings. The van der Waals surface area contributed by atoms with Crippen molar-refractivity contribution < 1.29 is 26.4 Å². The summed E-state index contributed by atoms with van der Waals surface area (Å²) in [6.45, 7) is 0.430. The van der Waals surface area contributed by atoms with E-state index in [9.17, 15) is 26.4 Å². The molecule has 1 amide bonds. The van der Waals surface area contributed by atoms with Crippen molar-refractivity contribution in [2.45, 2.75) is 17.7 Å². The van der Waals surface area contributed by atoms with Crippen LogP contribution in [0.3, 0.4) is 0 Å². The number of hydrogen-bond acceptors (Lipinski definition) is 4. The van der Waals surface area contributed by atoms with Crippen molar-refractivity contribution in [2.75, 3.05) is 26.2 Å². The average Bonchev–Trinajstić information content (AvgIpc) is 2.57. The van der Waals surface area contributed by atoms with Crippen LogP contribution in [0, 0.1) is 23.4 Å². The van der Waals surface area contributed by atoms with E-state index >= 15 is 0 Å². The Bertz CT molecular complexity index is 727. The lowest BCUT2D eigenvalue weighted by Crippen LogP contribution is -2.46. The fourth-order valence-electron chi connectivity index (χ4n) is 2.56. The van der Waals surface area contributed by atoms with Gasteiger partial charge in [-0.05, 0) is 25.0 Å². The predicted molar refractivity (Wildman–Crippen MR) is 79.9 cm³/mol. The van der Waals surface area contributed by atoms with Gasteiger partial charge in [0, 0.05) is 26.2 Å². The number of sulfonamides is 1. The van der Waals surface area contributed by atoms with Gasteiger partial charge in [-0.1, -0.05) is 0 Å². The van der Waals surface area contributed by atoms with Gasteiger partial charge in [0.15, 0.2) is 17.5 Å². The number of amides is 1. The second-order valence-corrected chi connectivity index (χ2v) is 7.36. The van der Waals surface area contributed by atoms with Crippen molar-refractivity contribution in [2.24, 2.45) is 11.7 Å². The van der Waals surface area contributed by atoms with Crippen molar-refractivity contribution >= 4 is 15.9 Å². The maximum absolute atomic E-state index is 13.8. The average molecular weight is 365 g/mol. The zero-order valence-electron chi connectivity index (χ0n) is 12.8. The number of carbonyl (C=O) groups is 1. The molecule has 1 aromatic rings. The Labute approximate surface area is 137 Å². The molecule has 0 saturated carbocycles. The first-order chi connectivity index (χ1) is 11.3. The van der Waals surface area contributed by atoms with Crippen LogP contribution < -0.4 is 11.1 Å². The van der Waals surface area contributed by atoms with Gasteiger partial charge in [0.25, 0.3) is 0 Å². The van der Waals surface area contributed by atoms with Crippen LogP contribution in [0.1, 0.15) is 12.8 Å². The van der Waals surface area contributed by atoms with Crippen LogP contribution in [0.5, 0.6) is 0 Å². The monoisotopic (exact) mass is 365 g/mol. The molecular formula is C14H18F3N3O3S. The molecule has 1 aliphatic heterocycles. The van der Waals surface area contributed by atoms with E-state index in [2.05, 4.69) is 5.32 Å². The predicted octanol–water partition coefficient (Wildman–Crippen LogP) is 0.579. The highest BCUT2D eigenvalue weighted by atomic mass is 32.2. The van der Waals surface area contributed by atoms with Gasteiger partial charge in [0.05, 0.1) is 5.92 Å². The van der Waals surface area contributed by atoms with Crippen molar-refractivity contribution in [3.63, 3.8) is 0 Å². The largest absolute Gasteiger partial charge is 0.355 e. The molecule has 1 fully saturated rings. The molecule has 1 saturated heterocycles. The first-order valence-corrected chi connectivity index (χ1v) is 8.84. The summed E-state index contributed by atoms with van der Waals surface area (Å²) < 4.78 is 66.0. The summed E-state index contributed by atoms with van der Waals surface area (Å²) in [5.41, 5.74) is 5.29. The van der Waals surface area contributed by atoms with E-state index in [1.807, 2.05) is 0 Å². The number of rotatable bonds is 5. The van der Waals surface area contributed by atoms with Crippen molar-refractivity contribution in [3.05, 3.63) is 29.6 Å². The number of halogens is 3. The van der Waals surface area contributed by atoms with E-state index < -0.39 is 38.3 Å². The van der Waals surface area contributed by atoms with E-state index in [1.54, 1.807) is 0 Å². The molecule has 0 bridgehead atoms. The topological polar surface area (TPSA) is 92.5 Å². The maximum Gasteiger partial charge on any atom is 0.246 e. The number of carbonyl (C=O) groups excluding carboxylic acids is 1. The standard InChI is InChI=1S/C14H18F3N3O3S/c15-10-3-4-11(13(17)12(10)16)24(22,23)20-7-1-2-9(8-20)14(21)19-6-5-18/h3-4,9H,1-2,5-8,18H2,(H,19,21). The van der Waals surface area contributed by atoms with E-state index in [4.69, 9.17) is 5.73 Å². The van der Waals surface area contributed by atoms with Crippen LogP contribution in [0.2, 0.25) is 0 Å². The van der Waals surface area contributed by atoms with Gasteiger partial charge in [-0.3, -0.25) is 4.79 Å². The summed E-state index contributed by atoms with van der Waals surface area (Å²) in [6, 6.07) is 1.24. The van der Waals surface area contributed by atoms with Crippen LogP contribution in [0.15, 0.2) is 17.0 Å². The lowest BCUT2D eigenvalue weighted by Gasteiger charge is -2.31. The second kappa shape index (κ2) is 7.49. The Hall–Kier alpha value is -1.65. The molecule has 0 aromatic heterocycles. The van der Waals surface area contributed by atoms with Gasteiger partial charge >= 0.3 is 0 Å². The molecular weight excluding hydrogens is 347 g/mol. The molecule has 24 heavy (non-hydrogen) atoms. The third-order valence-corrected chi connectivity index (χ3v) is 5.70. The van der Waals surface area contributed by atoms with E-state index in [0.29, 0.717) is 25.0 Å². The Kier molecular flexibility index (Phi) is 5.83.